The molecule has 1 heterocycles. The van der Waals surface area contributed by atoms with E-state index in [0.717, 1.165) is 0 Å². The van der Waals surface area contributed by atoms with Gasteiger partial charge in [-0.15, -0.1) is 0 Å². The van der Waals surface area contributed by atoms with Crippen molar-refractivity contribution in [2.75, 3.05) is 32.8 Å². The lowest BCUT2D eigenvalue weighted by Gasteiger charge is -2.26. The number of hydrogen-bond acceptors (Lipinski definition) is 3. The Balaban J connectivity index is 2.29. The Morgan fingerprint density at radius 3 is 3.00 bits per heavy atom. The molecule has 0 bridgehead atoms. The van der Waals surface area contributed by atoms with Gasteiger partial charge >= 0.3 is 0 Å². The number of hydrogen-bond donors (Lipinski definition) is 1. The number of rotatable bonds is 4. The second kappa shape index (κ2) is 4.81. The summed E-state index contributed by atoms with van der Waals surface area (Å²) >= 11 is 0. The van der Waals surface area contributed by atoms with Gasteiger partial charge in [-0.3, -0.25) is 9.59 Å². The molecule has 5 nitrogen and oxygen atoms in total. The van der Waals surface area contributed by atoms with Crippen molar-refractivity contribution in [3.05, 3.63) is 0 Å². The average molecular weight is 186 g/mol. The molecule has 1 N–H and O–H groups in total. The van der Waals surface area contributed by atoms with Crippen molar-refractivity contribution in [2.45, 2.75) is 6.92 Å². The van der Waals surface area contributed by atoms with Crippen LogP contribution < -0.4 is 5.32 Å². The molecule has 0 unspecified atom stereocenters. The van der Waals surface area contributed by atoms with Crippen LogP contribution >= 0.6 is 0 Å². The third-order valence-electron chi connectivity index (χ3n) is 1.83. The molecule has 5 heteroatoms. The van der Waals surface area contributed by atoms with E-state index in [9.17, 15) is 9.59 Å². The zero-order valence-corrected chi connectivity index (χ0v) is 7.71. The van der Waals surface area contributed by atoms with E-state index in [1.54, 1.807) is 0 Å². The Morgan fingerprint density at radius 1 is 1.54 bits per heavy atom. The Hall–Kier alpha value is -1.10. The van der Waals surface area contributed by atoms with Crippen LogP contribution in [0.25, 0.3) is 0 Å². The first-order chi connectivity index (χ1) is 6.24. The summed E-state index contributed by atoms with van der Waals surface area (Å²) in [6.45, 7) is 3.80. The molecule has 1 aliphatic heterocycles. The number of carbonyl (C=O) groups excluding carboxylic acids is 2. The molecule has 1 rings (SSSR count). The second-order valence-corrected chi connectivity index (χ2v) is 2.79. The standard InChI is InChI=1S/C8H14N2O3/c1-2-13-4-3-10-6-7(11)9-5-8(10)12/h2-6H2,1H3,(H,9,11). The highest BCUT2D eigenvalue weighted by molar-refractivity contribution is 5.92. The van der Waals surface area contributed by atoms with Gasteiger partial charge in [0.05, 0.1) is 19.7 Å². The first-order valence-corrected chi connectivity index (χ1v) is 4.36. The third-order valence-corrected chi connectivity index (χ3v) is 1.83. The topological polar surface area (TPSA) is 58.6 Å². The maximum atomic E-state index is 11.2. The molecule has 1 aliphatic rings. The molecular weight excluding hydrogens is 172 g/mol. The van der Waals surface area contributed by atoms with Crippen LogP contribution in [0.2, 0.25) is 0 Å². The van der Waals surface area contributed by atoms with Crippen LogP contribution in [-0.2, 0) is 14.3 Å². The van der Waals surface area contributed by atoms with E-state index in [0.29, 0.717) is 19.8 Å². The second-order valence-electron chi connectivity index (χ2n) is 2.79. The van der Waals surface area contributed by atoms with E-state index in [2.05, 4.69) is 5.32 Å². The van der Waals surface area contributed by atoms with Crippen molar-refractivity contribution in [3.63, 3.8) is 0 Å². The van der Waals surface area contributed by atoms with E-state index in [1.807, 2.05) is 6.92 Å². The lowest BCUT2D eigenvalue weighted by molar-refractivity contribution is -0.141. The summed E-state index contributed by atoms with van der Waals surface area (Å²) in [5.74, 6) is -0.143. The zero-order chi connectivity index (χ0) is 9.68. The minimum absolute atomic E-state index is 0.0423. The predicted molar refractivity (Wildman–Crippen MR) is 46.1 cm³/mol. The molecule has 1 saturated heterocycles. The van der Waals surface area contributed by atoms with Gasteiger partial charge in [-0.25, -0.2) is 0 Å². The van der Waals surface area contributed by atoms with Crippen molar-refractivity contribution >= 4 is 11.8 Å². The van der Waals surface area contributed by atoms with Crippen molar-refractivity contribution in [1.82, 2.24) is 10.2 Å². The highest BCUT2D eigenvalue weighted by atomic mass is 16.5. The molecular formula is C8H14N2O3. The van der Waals surface area contributed by atoms with Gasteiger partial charge in [-0.05, 0) is 6.92 Å². The molecule has 0 spiro atoms. The van der Waals surface area contributed by atoms with E-state index in [1.165, 1.54) is 4.90 Å². The number of nitrogens with zero attached hydrogens (tertiary/aromatic N) is 1. The Kier molecular flexibility index (Phi) is 3.70. The van der Waals surface area contributed by atoms with Gasteiger partial charge in [0.1, 0.15) is 0 Å². The number of nitrogens with one attached hydrogen (secondary N) is 1. The fourth-order valence-electron chi connectivity index (χ4n) is 1.13. The average Bonchev–Trinajstić information content (AvgIpc) is 2.11. The quantitative estimate of drug-likeness (QED) is 0.572. The summed E-state index contributed by atoms with van der Waals surface area (Å²) in [4.78, 5) is 23.6. The van der Waals surface area contributed by atoms with Crippen molar-refractivity contribution in [1.29, 1.82) is 0 Å². The summed E-state index contributed by atoms with van der Waals surface area (Å²) in [7, 11) is 0. The van der Waals surface area contributed by atoms with Crippen LogP contribution in [0.3, 0.4) is 0 Å². The predicted octanol–water partition coefficient (Wildman–Crippen LogP) is -1.02. The number of amides is 2. The number of ether oxygens (including phenoxy) is 1. The number of piperazine rings is 1. The molecule has 74 valence electrons. The lowest BCUT2D eigenvalue weighted by atomic mass is 10.3. The van der Waals surface area contributed by atoms with Crippen molar-refractivity contribution < 1.29 is 14.3 Å². The maximum absolute atomic E-state index is 11.2. The fraction of sp³-hybridized carbons (Fsp3) is 0.750. The van der Waals surface area contributed by atoms with Crippen LogP contribution in [0.1, 0.15) is 6.92 Å². The SMILES string of the molecule is CCOCCN1CC(=O)NCC1=O. The summed E-state index contributed by atoms with van der Waals surface area (Å²) in [5.41, 5.74) is 0. The van der Waals surface area contributed by atoms with Gasteiger partial charge in [-0.2, -0.15) is 0 Å². The zero-order valence-electron chi connectivity index (χ0n) is 7.71. The third kappa shape index (κ3) is 3.02. The summed E-state index contributed by atoms with van der Waals surface area (Å²) < 4.78 is 5.09. The molecule has 0 aromatic heterocycles. The van der Waals surface area contributed by atoms with E-state index in [-0.39, 0.29) is 24.9 Å². The van der Waals surface area contributed by atoms with E-state index in [4.69, 9.17) is 4.74 Å². The van der Waals surface area contributed by atoms with Gasteiger partial charge in [-0.1, -0.05) is 0 Å². The molecule has 1 fully saturated rings. The highest BCUT2D eigenvalue weighted by Crippen LogP contribution is 1.94. The van der Waals surface area contributed by atoms with Crippen molar-refractivity contribution in [3.8, 4) is 0 Å². The molecule has 0 radical (unpaired) electrons. The summed E-state index contributed by atoms with van der Waals surface area (Å²) in [6.07, 6.45) is 0. The monoisotopic (exact) mass is 186 g/mol. The molecule has 0 atom stereocenters. The van der Waals surface area contributed by atoms with Gasteiger partial charge in [0.15, 0.2) is 0 Å². The summed E-state index contributed by atoms with van der Waals surface area (Å²) in [5, 5.41) is 2.48. The van der Waals surface area contributed by atoms with Crippen molar-refractivity contribution in [2.24, 2.45) is 0 Å². The molecule has 0 aliphatic carbocycles. The summed E-state index contributed by atoms with van der Waals surface area (Å²) in [6, 6.07) is 0. The lowest BCUT2D eigenvalue weighted by Crippen LogP contribution is -2.52. The van der Waals surface area contributed by atoms with Crippen LogP contribution in [0.15, 0.2) is 0 Å². The normalized spacial score (nSPS) is 17.5. The van der Waals surface area contributed by atoms with Gasteiger partial charge in [0.2, 0.25) is 11.8 Å². The largest absolute Gasteiger partial charge is 0.380 e. The highest BCUT2D eigenvalue weighted by Gasteiger charge is 2.22. The van der Waals surface area contributed by atoms with E-state index >= 15 is 0 Å². The smallest absolute Gasteiger partial charge is 0.242 e. The fourth-order valence-corrected chi connectivity index (χ4v) is 1.13. The maximum Gasteiger partial charge on any atom is 0.242 e. The van der Waals surface area contributed by atoms with Crippen LogP contribution in [0.4, 0.5) is 0 Å². The molecule has 0 aromatic carbocycles. The van der Waals surface area contributed by atoms with Gasteiger partial charge in [0.25, 0.3) is 0 Å². The number of carbonyl (C=O) groups is 2. The van der Waals surface area contributed by atoms with Crippen LogP contribution in [-0.4, -0.2) is 49.6 Å². The van der Waals surface area contributed by atoms with Crippen LogP contribution in [0.5, 0.6) is 0 Å². The Bertz CT molecular complexity index is 206. The van der Waals surface area contributed by atoms with E-state index < -0.39 is 0 Å². The molecule has 0 saturated carbocycles. The first-order valence-electron chi connectivity index (χ1n) is 4.36. The van der Waals surface area contributed by atoms with Gasteiger partial charge in [0, 0.05) is 13.2 Å². The molecule has 13 heavy (non-hydrogen) atoms. The minimum Gasteiger partial charge on any atom is -0.380 e. The molecule has 2 amide bonds. The Labute approximate surface area is 77.0 Å². The van der Waals surface area contributed by atoms with Gasteiger partial charge < -0.3 is 15.0 Å². The van der Waals surface area contributed by atoms with Crippen LogP contribution in [0, 0.1) is 0 Å². The minimum atomic E-state index is -0.101. The Morgan fingerprint density at radius 2 is 2.31 bits per heavy atom. The molecule has 0 aromatic rings. The first kappa shape index (κ1) is 9.98.